The molecule has 20 heavy (non-hydrogen) atoms. The van der Waals surface area contributed by atoms with Gasteiger partial charge in [-0.1, -0.05) is 6.07 Å². The van der Waals surface area contributed by atoms with Crippen molar-refractivity contribution in [3.8, 4) is 5.69 Å². The first-order valence-corrected chi connectivity index (χ1v) is 6.58. The standard InChI is InChI=1S/C16H18N2O2/c1-4-20-16(19)8-6-14-5-7-15(12(2)11-14)18-10-9-13(3)17-18/h5-11H,4H2,1-3H3. The fourth-order valence-corrected chi connectivity index (χ4v) is 1.94. The van der Waals surface area contributed by atoms with E-state index in [4.69, 9.17) is 4.74 Å². The molecule has 0 N–H and O–H groups in total. The van der Waals surface area contributed by atoms with Gasteiger partial charge in [-0.2, -0.15) is 5.10 Å². The maximum absolute atomic E-state index is 11.3. The highest BCUT2D eigenvalue weighted by Crippen LogP contribution is 2.16. The van der Waals surface area contributed by atoms with E-state index >= 15 is 0 Å². The third-order valence-electron chi connectivity index (χ3n) is 2.89. The van der Waals surface area contributed by atoms with Crippen LogP contribution in [-0.2, 0) is 9.53 Å². The van der Waals surface area contributed by atoms with E-state index in [2.05, 4.69) is 5.10 Å². The van der Waals surface area contributed by atoms with Crippen LogP contribution in [0.15, 0.2) is 36.5 Å². The Morgan fingerprint density at radius 1 is 1.35 bits per heavy atom. The third kappa shape index (κ3) is 3.35. The Labute approximate surface area is 118 Å². The van der Waals surface area contributed by atoms with E-state index in [0.717, 1.165) is 22.5 Å². The van der Waals surface area contributed by atoms with Crippen LogP contribution in [0.3, 0.4) is 0 Å². The lowest BCUT2D eigenvalue weighted by atomic mass is 10.1. The van der Waals surface area contributed by atoms with Crippen molar-refractivity contribution >= 4 is 12.0 Å². The minimum atomic E-state index is -0.322. The molecular formula is C16H18N2O2. The molecule has 0 unspecified atom stereocenters. The summed E-state index contributed by atoms with van der Waals surface area (Å²) in [6, 6.07) is 7.93. The number of carbonyl (C=O) groups excluding carboxylic acids is 1. The van der Waals surface area contributed by atoms with Gasteiger partial charge in [0.05, 0.1) is 18.0 Å². The van der Waals surface area contributed by atoms with Gasteiger partial charge in [-0.25, -0.2) is 9.48 Å². The summed E-state index contributed by atoms with van der Waals surface area (Å²) in [5.41, 5.74) is 4.07. The minimum Gasteiger partial charge on any atom is -0.463 e. The summed E-state index contributed by atoms with van der Waals surface area (Å²) in [7, 11) is 0. The van der Waals surface area contributed by atoms with Crippen molar-refractivity contribution in [3.05, 3.63) is 53.4 Å². The summed E-state index contributed by atoms with van der Waals surface area (Å²) in [5, 5.41) is 4.39. The van der Waals surface area contributed by atoms with Crippen LogP contribution in [-0.4, -0.2) is 22.4 Å². The van der Waals surface area contributed by atoms with E-state index in [0.29, 0.717) is 6.61 Å². The largest absolute Gasteiger partial charge is 0.463 e. The topological polar surface area (TPSA) is 44.1 Å². The second-order valence-corrected chi connectivity index (χ2v) is 4.53. The van der Waals surface area contributed by atoms with Crippen LogP contribution in [0.25, 0.3) is 11.8 Å². The van der Waals surface area contributed by atoms with Crippen molar-refractivity contribution in [2.45, 2.75) is 20.8 Å². The Hall–Kier alpha value is -2.36. The zero-order valence-corrected chi connectivity index (χ0v) is 12.0. The smallest absolute Gasteiger partial charge is 0.330 e. The number of aryl methyl sites for hydroxylation is 2. The lowest BCUT2D eigenvalue weighted by Crippen LogP contribution is -1.99. The average Bonchev–Trinajstić information content (AvgIpc) is 2.83. The normalized spacial score (nSPS) is 10.9. The van der Waals surface area contributed by atoms with Gasteiger partial charge in [0.2, 0.25) is 0 Å². The number of hydrogen-bond acceptors (Lipinski definition) is 3. The molecule has 0 saturated heterocycles. The second-order valence-electron chi connectivity index (χ2n) is 4.53. The average molecular weight is 270 g/mol. The van der Waals surface area contributed by atoms with Crippen molar-refractivity contribution in [3.63, 3.8) is 0 Å². The number of carbonyl (C=O) groups is 1. The number of ether oxygens (including phenoxy) is 1. The molecule has 0 aliphatic rings. The van der Waals surface area contributed by atoms with Gasteiger partial charge in [-0.15, -0.1) is 0 Å². The SMILES string of the molecule is CCOC(=O)C=Cc1ccc(-n2ccc(C)n2)c(C)c1. The number of benzene rings is 1. The highest BCUT2D eigenvalue weighted by atomic mass is 16.5. The Balaban J connectivity index is 2.20. The van der Waals surface area contributed by atoms with E-state index in [9.17, 15) is 4.79 Å². The van der Waals surface area contributed by atoms with Crippen molar-refractivity contribution in [1.29, 1.82) is 0 Å². The Morgan fingerprint density at radius 3 is 2.75 bits per heavy atom. The summed E-state index contributed by atoms with van der Waals surface area (Å²) in [6.07, 6.45) is 5.13. The Morgan fingerprint density at radius 2 is 2.15 bits per heavy atom. The summed E-state index contributed by atoms with van der Waals surface area (Å²) in [6.45, 7) is 6.16. The van der Waals surface area contributed by atoms with Crippen LogP contribution < -0.4 is 0 Å². The van der Waals surface area contributed by atoms with Gasteiger partial charge in [0.1, 0.15) is 0 Å². The maximum atomic E-state index is 11.3. The molecule has 0 aliphatic carbocycles. The highest BCUT2D eigenvalue weighted by Gasteiger charge is 2.03. The molecule has 0 radical (unpaired) electrons. The summed E-state index contributed by atoms with van der Waals surface area (Å²) < 4.78 is 6.70. The van der Waals surface area contributed by atoms with Crippen LogP contribution >= 0.6 is 0 Å². The van der Waals surface area contributed by atoms with Crippen molar-refractivity contribution in [2.75, 3.05) is 6.61 Å². The first-order valence-electron chi connectivity index (χ1n) is 6.58. The molecule has 1 aromatic carbocycles. The van der Waals surface area contributed by atoms with E-state index in [1.54, 1.807) is 13.0 Å². The molecular weight excluding hydrogens is 252 g/mol. The molecule has 4 heteroatoms. The summed E-state index contributed by atoms with van der Waals surface area (Å²) >= 11 is 0. The van der Waals surface area contributed by atoms with Crippen LogP contribution in [0.2, 0.25) is 0 Å². The van der Waals surface area contributed by atoms with E-state index in [1.165, 1.54) is 6.08 Å². The molecule has 0 atom stereocenters. The monoisotopic (exact) mass is 270 g/mol. The molecule has 2 aromatic rings. The van der Waals surface area contributed by atoms with Gasteiger partial charge in [0.15, 0.2) is 0 Å². The molecule has 104 valence electrons. The van der Waals surface area contributed by atoms with Crippen molar-refractivity contribution < 1.29 is 9.53 Å². The summed E-state index contributed by atoms with van der Waals surface area (Å²) in [5.74, 6) is -0.322. The predicted octanol–water partition coefficient (Wildman–Crippen LogP) is 3.07. The lowest BCUT2D eigenvalue weighted by Gasteiger charge is -2.06. The Kier molecular flexibility index (Phi) is 4.35. The molecule has 0 fully saturated rings. The molecule has 1 heterocycles. The lowest BCUT2D eigenvalue weighted by molar-refractivity contribution is -0.137. The van der Waals surface area contributed by atoms with Gasteiger partial charge in [0.25, 0.3) is 0 Å². The molecule has 2 rings (SSSR count). The molecule has 0 saturated carbocycles. The minimum absolute atomic E-state index is 0.322. The van der Waals surface area contributed by atoms with Crippen LogP contribution in [0, 0.1) is 13.8 Å². The van der Waals surface area contributed by atoms with Gasteiger partial charge in [0, 0.05) is 12.3 Å². The predicted molar refractivity (Wildman–Crippen MR) is 78.7 cm³/mol. The Bertz CT molecular complexity index is 642. The zero-order chi connectivity index (χ0) is 14.5. The number of hydrogen-bond donors (Lipinski definition) is 0. The molecule has 1 aromatic heterocycles. The number of rotatable bonds is 4. The van der Waals surface area contributed by atoms with E-state index in [-0.39, 0.29) is 5.97 Å². The number of nitrogens with zero attached hydrogens (tertiary/aromatic N) is 2. The summed E-state index contributed by atoms with van der Waals surface area (Å²) in [4.78, 5) is 11.3. The van der Waals surface area contributed by atoms with Crippen molar-refractivity contribution in [2.24, 2.45) is 0 Å². The van der Waals surface area contributed by atoms with Crippen LogP contribution in [0.1, 0.15) is 23.7 Å². The van der Waals surface area contributed by atoms with Gasteiger partial charge < -0.3 is 4.74 Å². The third-order valence-corrected chi connectivity index (χ3v) is 2.89. The van der Waals surface area contributed by atoms with Gasteiger partial charge >= 0.3 is 5.97 Å². The zero-order valence-electron chi connectivity index (χ0n) is 12.0. The molecule has 0 bridgehead atoms. The van der Waals surface area contributed by atoms with Gasteiger partial charge in [-0.3, -0.25) is 0 Å². The van der Waals surface area contributed by atoms with Crippen molar-refractivity contribution in [1.82, 2.24) is 9.78 Å². The molecule has 0 spiro atoms. The first-order chi connectivity index (χ1) is 9.60. The number of aromatic nitrogens is 2. The quantitative estimate of drug-likeness (QED) is 0.633. The first kappa shape index (κ1) is 14.1. The highest BCUT2D eigenvalue weighted by molar-refractivity contribution is 5.87. The number of esters is 1. The fraction of sp³-hybridized carbons (Fsp3) is 0.250. The van der Waals surface area contributed by atoms with Crippen LogP contribution in [0.4, 0.5) is 0 Å². The molecule has 4 nitrogen and oxygen atoms in total. The molecule has 0 aliphatic heterocycles. The fourth-order valence-electron chi connectivity index (χ4n) is 1.94. The van der Waals surface area contributed by atoms with E-state index in [1.807, 2.05) is 49.0 Å². The van der Waals surface area contributed by atoms with E-state index < -0.39 is 0 Å². The maximum Gasteiger partial charge on any atom is 0.330 e. The van der Waals surface area contributed by atoms with Gasteiger partial charge in [-0.05, 0) is 56.2 Å². The van der Waals surface area contributed by atoms with Crippen LogP contribution in [0.5, 0.6) is 0 Å². The molecule has 0 amide bonds. The second kappa shape index (κ2) is 6.19.